The Kier molecular flexibility index (Phi) is 3.19. The number of pyridine rings is 1. The highest BCUT2D eigenvalue weighted by molar-refractivity contribution is 6.20. The van der Waals surface area contributed by atoms with Crippen molar-refractivity contribution in [2.45, 2.75) is 12.8 Å². The first kappa shape index (κ1) is 18.0. The maximum absolute atomic E-state index is 2.54. The van der Waals surface area contributed by atoms with Crippen LogP contribution in [-0.2, 0) is 12.8 Å². The second kappa shape index (κ2) is 6.20. The van der Waals surface area contributed by atoms with Gasteiger partial charge in [-0.1, -0.05) is 78.9 Å². The molecule has 2 heterocycles. The van der Waals surface area contributed by atoms with E-state index in [1.165, 1.54) is 82.6 Å². The molecule has 7 aromatic rings. The maximum Gasteiger partial charge on any atom is 0.0622 e. The third-order valence-corrected chi connectivity index (χ3v) is 8.36. The topological polar surface area (TPSA) is 4.41 Å². The van der Waals surface area contributed by atoms with Gasteiger partial charge in [0.05, 0.1) is 16.6 Å². The summed E-state index contributed by atoms with van der Waals surface area (Å²) in [4.78, 5) is 0. The average molecular weight is 444 g/mol. The quantitative estimate of drug-likeness (QED) is 0.207. The Hall–Kier alpha value is -4.36. The van der Waals surface area contributed by atoms with Crippen LogP contribution < -0.4 is 0 Å². The zero-order chi connectivity index (χ0) is 22.7. The number of benzene rings is 5. The van der Waals surface area contributed by atoms with E-state index in [4.69, 9.17) is 0 Å². The first-order valence-electron chi connectivity index (χ1n) is 12.5. The summed E-state index contributed by atoms with van der Waals surface area (Å²) >= 11 is 0. The molecule has 0 fully saturated rings. The summed E-state index contributed by atoms with van der Waals surface area (Å²) in [5, 5.41) is 5.36. The van der Waals surface area contributed by atoms with Gasteiger partial charge in [0.25, 0.3) is 0 Å². The molecule has 2 aromatic heterocycles. The molecule has 0 aliphatic heterocycles. The van der Waals surface area contributed by atoms with Crippen molar-refractivity contribution in [3.8, 4) is 22.3 Å². The molecule has 0 amide bonds. The fraction of sp³-hybridized carbons (Fsp3) is 0.0588. The van der Waals surface area contributed by atoms with Gasteiger partial charge < -0.3 is 4.40 Å². The molecular formula is C34H21N. The van der Waals surface area contributed by atoms with Crippen molar-refractivity contribution in [3.63, 3.8) is 0 Å². The molecule has 0 saturated heterocycles. The number of nitrogens with zero attached hydrogens (tertiary/aromatic N) is 1. The third-order valence-electron chi connectivity index (χ3n) is 8.36. The summed E-state index contributed by atoms with van der Waals surface area (Å²) < 4.78 is 2.54. The Balaban J connectivity index is 1.55. The van der Waals surface area contributed by atoms with Crippen LogP contribution in [0.3, 0.4) is 0 Å². The van der Waals surface area contributed by atoms with Crippen molar-refractivity contribution in [1.82, 2.24) is 4.40 Å². The normalized spacial score (nSPS) is 13.5. The van der Waals surface area contributed by atoms with Gasteiger partial charge in [0.15, 0.2) is 0 Å². The minimum Gasteiger partial charge on any atom is -0.308 e. The number of para-hydroxylation sites is 1. The van der Waals surface area contributed by atoms with Crippen molar-refractivity contribution in [2.75, 3.05) is 0 Å². The van der Waals surface area contributed by atoms with Gasteiger partial charge in [-0.15, -0.1) is 0 Å². The van der Waals surface area contributed by atoms with E-state index in [0.717, 1.165) is 12.8 Å². The van der Waals surface area contributed by atoms with Gasteiger partial charge in [-0.05, 0) is 81.4 Å². The lowest BCUT2D eigenvalue weighted by molar-refractivity contribution is 1.26. The summed E-state index contributed by atoms with van der Waals surface area (Å²) in [7, 11) is 0. The van der Waals surface area contributed by atoms with E-state index in [1.54, 1.807) is 0 Å². The molecule has 0 saturated carbocycles. The molecular weight excluding hydrogens is 422 g/mol. The fourth-order valence-electron chi connectivity index (χ4n) is 6.87. The molecule has 35 heavy (non-hydrogen) atoms. The molecule has 0 radical (unpaired) electrons. The molecule has 0 atom stereocenters. The number of hydrogen-bond acceptors (Lipinski definition) is 0. The minimum absolute atomic E-state index is 1.01. The smallest absolute Gasteiger partial charge is 0.0622 e. The zero-order valence-corrected chi connectivity index (χ0v) is 19.2. The fourth-order valence-corrected chi connectivity index (χ4v) is 6.87. The molecule has 2 aliphatic rings. The van der Waals surface area contributed by atoms with Crippen LogP contribution in [0.2, 0.25) is 0 Å². The predicted molar refractivity (Wildman–Crippen MR) is 146 cm³/mol. The van der Waals surface area contributed by atoms with Crippen molar-refractivity contribution in [1.29, 1.82) is 0 Å². The van der Waals surface area contributed by atoms with Crippen LogP contribution in [0.5, 0.6) is 0 Å². The summed E-state index contributed by atoms with van der Waals surface area (Å²) in [6.07, 6.45) is 2.03. The van der Waals surface area contributed by atoms with E-state index >= 15 is 0 Å². The first-order chi connectivity index (χ1) is 17.3. The van der Waals surface area contributed by atoms with Gasteiger partial charge in [0.2, 0.25) is 0 Å². The highest BCUT2D eigenvalue weighted by Crippen LogP contribution is 2.47. The van der Waals surface area contributed by atoms with Crippen LogP contribution >= 0.6 is 0 Å². The van der Waals surface area contributed by atoms with Crippen LogP contribution in [0.4, 0.5) is 0 Å². The van der Waals surface area contributed by atoms with Gasteiger partial charge in [-0.3, -0.25) is 0 Å². The van der Waals surface area contributed by atoms with Crippen LogP contribution in [0.25, 0.3) is 60.3 Å². The summed E-state index contributed by atoms with van der Waals surface area (Å²) in [6, 6.07) is 38.8. The van der Waals surface area contributed by atoms with E-state index in [9.17, 15) is 0 Å². The molecule has 5 aromatic carbocycles. The van der Waals surface area contributed by atoms with Crippen LogP contribution in [0.1, 0.15) is 22.3 Å². The monoisotopic (exact) mass is 443 g/mol. The summed E-state index contributed by atoms with van der Waals surface area (Å²) in [6.45, 7) is 0. The van der Waals surface area contributed by atoms with E-state index in [-0.39, 0.29) is 0 Å². The largest absolute Gasteiger partial charge is 0.308 e. The van der Waals surface area contributed by atoms with Gasteiger partial charge >= 0.3 is 0 Å². The van der Waals surface area contributed by atoms with E-state index in [1.807, 2.05) is 0 Å². The second-order valence-corrected chi connectivity index (χ2v) is 10.1. The molecule has 0 unspecified atom stereocenters. The molecule has 0 spiro atoms. The number of hydrogen-bond donors (Lipinski definition) is 0. The molecule has 2 aliphatic carbocycles. The lowest BCUT2D eigenvalue weighted by Gasteiger charge is -2.16. The Labute approximate surface area is 202 Å². The molecule has 0 bridgehead atoms. The number of fused-ring (bicyclic) bond motifs is 15. The predicted octanol–water partition coefficient (Wildman–Crippen LogP) is 8.54. The number of aromatic nitrogens is 1. The van der Waals surface area contributed by atoms with Crippen LogP contribution in [0.15, 0.2) is 103 Å². The van der Waals surface area contributed by atoms with Gasteiger partial charge in [0.1, 0.15) is 0 Å². The highest BCUT2D eigenvalue weighted by atomic mass is 14.9. The van der Waals surface area contributed by atoms with Gasteiger partial charge in [0, 0.05) is 21.7 Å². The maximum atomic E-state index is 2.54. The van der Waals surface area contributed by atoms with Crippen LogP contribution in [-0.4, -0.2) is 4.40 Å². The Morgan fingerprint density at radius 3 is 2.11 bits per heavy atom. The Morgan fingerprint density at radius 1 is 0.457 bits per heavy atom. The molecule has 0 N–H and O–H groups in total. The van der Waals surface area contributed by atoms with E-state index in [2.05, 4.69) is 108 Å². The van der Waals surface area contributed by atoms with Gasteiger partial charge in [-0.25, -0.2) is 0 Å². The zero-order valence-electron chi connectivity index (χ0n) is 19.2. The van der Waals surface area contributed by atoms with Crippen molar-refractivity contribution >= 4 is 38.1 Å². The van der Waals surface area contributed by atoms with Crippen molar-refractivity contribution < 1.29 is 0 Å². The summed E-state index contributed by atoms with van der Waals surface area (Å²) in [5.41, 5.74) is 15.3. The van der Waals surface area contributed by atoms with Gasteiger partial charge in [-0.2, -0.15) is 0 Å². The molecule has 1 nitrogen and oxygen atoms in total. The van der Waals surface area contributed by atoms with Crippen LogP contribution in [0, 0.1) is 0 Å². The SMILES string of the molecule is c1ccc2c(c1)Cc1cc3c(cc1-2)c1ccc2c(c1n1c4ccccc4cc31)-c1ccccc1C2. The molecule has 9 rings (SSSR count). The lowest BCUT2D eigenvalue weighted by atomic mass is 9.94. The molecule has 162 valence electrons. The van der Waals surface area contributed by atoms with Crippen molar-refractivity contribution in [3.05, 3.63) is 125 Å². The molecule has 1 heteroatoms. The third kappa shape index (κ3) is 2.19. The Bertz CT molecular complexity index is 2050. The Morgan fingerprint density at radius 2 is 1.20 bits per heavy atom. The van der Waals surface area contributed by atoms with Crippen molar-refractivity contribution in [2.24, 2.45) is 0 Å². The number of rotatable bonds is 0. The lowest BCUT2D eigenvalue weighted by Crippen LogP contribution is -1.95. The highest BCUT2D eigenvalue weighted by Gasteiger charge is 2.26. The van der Waals surface area contributed by atoms with E-state index < -0.39 is 0 Å². The second-order valence-electron chi connectivity index (χ2n) is 10.1. The average Bonchev–Trinajstić information content (AvgIpc) is 3.58. The first-order valence-corrected chi connectivity index (χ1v) is 12.5. The minimum atomic E-state index is 1.01. The van der Waals surface area contributed by atoms with E-state index in [0.29, 0.717) is 0 Å². The standard InChI is InChI=1S/C34H21N/c1-4-10-25-20(7-1)16-24-17-30-29(19-28(24)25)27-14-13-23-15-21-8-2-5-11-26(21)33(23)34(27)35-31-12-6-3-9-22(31)18-32(30)35/h1-14,17-19H,15-16H2. The summed E-state index contributed by atoms with van der Waals surface area (Å²) in [5.74, 6) is 0.